The molecule has 2 aromatic heterocycles. The minimum Gasteiger partial charge on any atom is -0.475 e. The minimum absolute atomic E-state index is 0.0439. The van der Waals surface area contributed by atoms with Gasteiger partial charge in [-0.15, -0.1) is 0 Å². The molecular formula is C17H22ClF3N6O. The lowest BCUT2D eigenvalue weighted by Crippen LogP contribution is -2.39. The second-order valence-corrected chi connectivity index (χ2v) is 6.07. The van der Waals surface area contributed by atoms with Crippen LogP contribution in [0.4, 0.5) is 13.2 Å². The van der Waals surface area contributed by atoms with Crippen LogP contribution in [-0.4, -0.2) is 47.0 Å². The van der Waals surface area contributed by atoms with Gasteiger partial charge < -0.3 is 15.4 Å². The standard InChI is InChI=1S/C17H22ClF3N6O/c1-2-22-16(23-5-3-8-27-9-4-6-26-27)24-7-10-28-15-14(18)11-13(12-25-15)17(19,20)21/h4,6,9,11-12H,2-3,5,7-8,10H2,1H3,(H2,22,23,24). The summed E-state index contributed by atoms with van der Waals surface area (Å²) in [6.45, 7) is 4.57. The number of nitrogens with one attached hydrogen (secondary N) is 2. The first kappa shape index (κ1) is 21.8. The quantitative estimate of drug-likeness (QED) is 0.372. The van der Waals surface area contributed by atoms with Crippen molar-refractivity contribution in [3.8, 4) is 5.88 Å². The van der Waals surface area contributed by atoms with Gasteiger partial charge in [-0.05, 0) is 25.5 Å². The molecule has 2 aromatic rings. The molecule has 0 aromatic carbocycles. The van der Waals surface area contributed by atoms with Crippen molar-refractivity contribution in [2.45, 2.75) is 26.1 Å². The average Bonchev–Trinajstić information content (AvgIpc) is 3.15. The zero-order valence-corrected chi connectivity index (χ0v) is 16.1. The lowest BCUT2D eigenvalue weighted by molar-refractivity contribution is -0.137. The number of hydrogen-bond acceptors (Lipinski definition) is 4. The van der Waals surface area contributed by atoms with Gasteiger partial charge in [0.25, 0.3) is 0 Å². The van der Waals surface area contributed by atoms with Crippen molar-refractivity contribution in [2.75, 3.05) is 26.2 Å². The van der Waals surface area contributed by atoms with Crippen LogP contribution < -0.4 is 15.4 Å². The number of alkyl halides is 3. The summed E-state index contributed by atoms with van der Waals surface area (Å²) in [5.74, 6) is 0.579. The van der Waals surface area contributed by atoms with E-state index in [4.69, 9.17) is 16.3 Å². The Hall–Kier alpha value is -2.49. The number of halogens is 4. The van der Waals surface area contributed by atoms with Crippen LogP contribution in [0.5, 0.6) is 5.88 Å². The fraction of sp³-hybridized carbons (Fsp3) is 0.471. The minimum atomic E-state index is -4.49. The molecule has 0 saturated carbocycles. The molecule has 2 N–H and O–H groups in total. The molecule has 28 heavy (non-hydrogen) atoms. The number of aliphatic imine (C=N–C) groups is 1. The maximum Gasteiger partial charge on any atom is 0.417 e. The molecule has 0 aliphatic carbocycles. The molecule has 154 valence electrons. The number of aryl methyl sites for hydroxylation is 1. The Morgan fingerprint density at radius 3 is 2.82 bits per heavy atom. The summed E-state index contributed by atoms with van der Waals surface area (Å²) in [5.41, 5.74) is -0.917. The van der Waals surface area contributed by atoms with Crippen molar-refractivity contribution in [1.29, 1.82) is 0 Å². The van der Waals surface area contributed by atoms with Crippen molar-refractivity contribution in [1.82, 2.24) is 25.4 Å². The number of rotatable bonds is 9. The van der Waals surface area contributed by atoms with E-state index in [0.29, 0.717) is 31.8 Å². The maximum atomic E-state index is 12.6. The predicted molar refractivity (Wildman–Crippen MR) is 101 cm³/mol. The molecule has 0 fully saturated rings. The molecule has 0 aliphatic rings. The van der Waals surface area contributed by atoms with Crippen LogP contribution in [-0.2, 0) is 12.7 Å². The van der Waals surface area contributed by atoms with Gasteiger partial charge in [0, 0.05) is 38.2 Å². The van der Waals surface area contributed by atoms with Crippen molar-refractivity contribution in [2.24, 2.45) is 4.99 Å². The lowest BCUT2D eigenvalue weighted by Gasteiger charge is -2.13. The highest BCUT2D eigenvalue weighted by Gasteiger charge is 2.31. The molecular weight excluding hydrogens is 397 g/mol. The molecule has 0 amide bonds. The summed E-state index contributed by atoms with van der Waals surface area (Å²) < 4.78 is 45.0. The van der Waals surface area contributed by atoms with Crippen molar-refractivity contribution in [3.63, 3.8) is 0 Å². The third kappa shape index (κ3) is 7.26. The zero-order valence-electron chi connectivity index (χ0n) is 15.3. The van der Waals surface area contributed by atoms with Gasteiger partial charge in [0.05, 0.1) is 12.1 Å². The van der Waals surface area contributed by atoms with Gasteiger partial charge in [-0.2, -0.15) is 18.3 Å². The maximum absolute atomic E-state index is 12.6. The largest absolute Gasteiger partial charge is 0.475 e. The second-order valence-electron chi connectivity index (χ2n) is 5.67. The Labute approximate surface area is 166 Å². The summed E-state index contributed by atoms with van der Waals surface area (Å²) in [6, 6.07) is 2.66. The fourth-order valence-corrected chi connectivity index (χ4v) is 2.42. The van der Waals surface area contributed by atoms with Crippen molar-refractivity contribution < 1.29 is 17.9 Å². The van der Waals surface area contributed by atoms with Gasteiger partial charge in [-0.1, -0.05) is 11.6 Å². The Balaban J connectivity index is 1.75. The van der Waals surface area contributed by atoms with Gasteiger partial charge in [0.2, 0.25) is 5.88 Å². The van der Waals surface area contributed by atoms with Crippen LogP contribution in [0.1, 0.15) is 18.9 Å². The zero-order chi connectivity index (χ0) is 20.4. The summed E-state index contributed by atoms with van der Waals surface area (Å²) in [7, 11) is 0. The summed E-state index contributed by atoms with van der Waals surface area (Å²) >= 11 is 5.80. The van der Waals surface area contributed by atoms with Crippen molar-refractivity contribution in [3.05, 3.63) is 41.3 Å². The van der Waals surface area contributed by atoms with Gasteiger partial charge in [-0.25, -0.2) is 4.98 Å². The first-order valence-electron chi connectivity index (χ1n) is 8.75. The highest BCUT2D eigenvalue weighted by molar-refractivity contribution is 6.31. The first-order valence-corrected chi connectivity index (χ1v) is 9.13. The van der Waals surface area contributed by atoms with E-state index in [2.05, 4.69) is 25.7 Å². The molecule has 0 aliphatic heterocycles. The van der Waals surface area contributed by atoms with E-state index in [0.717, 1.165) is 19.0 Å². The molecule has 2 heterocycles. The van der Waals surface area contributed by atoms with Gasteiger partial charge in [-0.3, -0.25) is 9.67 Å². The summed E-state index contributed by atoms with van der Waals surface area (Å²) in [6.07, 6.45) is 0.655. The Bertz CT molecular complexity index is 752. The molecule has 0 unspecified atom stereocenters. The molecule has 0 bridgehead atoms. The average molecular weight is 419 g/mol. The van der Waals surface area contributed by atoms with Crippen LogP contribution in [0.25, 0.3) is 0 Å². The van der Waals surface area contributed by atoms with E-state index < -0.39 is 11.7 Å². The number of nitrogens with zero attached hydrogens (tertiary/aromatic N) is 4. The Morgan fingerprint density at radius 2 is 2.18 bits per heavy atom. The van der Waals surface area contributed by atoms with Crippen LogP contribution in [0, 0.1) is 0 Å². The number of ether oxygens (including phenoxy) is 1. The second kappa shape index (κ2) is 10.7. The number of pyridine rings is 1. The number of guanidine groups is 1. The third-order valence-corrected chi connectivity index (χ3v) is 3.76. The summed E-state index contributed by atoms with van der Waals surface area (Å²) in [5, 5.41) is 10.1. The number of hydrogen-bond donors (Lipinski definition) is 2. The van der Waals surface area contributed by atoms with Gasteiger partial charge in [0.15, 0.2) is 5.96 Å². The van der Waals surface area contributed by atoms with E-state index in [1.165, 1.54) is 0 Å². The van der Waals surface area contributed by atoms with Crippen LogP contribution >= 0.6 is 11.6 Å². The van der Waals surface area contributed by atoms with E-state index in [1.54, 1.807) is 6.20 Å². The molecule has 11 heteroatoms. The molecule has 0 radical (unpaired) electrons. The third-order valence-electron chi connectivity index (χ3n) is 3.49. The predicted octanol–water partition coefficient (Wildman–Crippen LogP) is 2.97. The van der Waals surface area contributed by atoms with Crippen LogP contribution in [0.2, 0.25) is 5.02 Å². The van der Waals surface area contributed by atoms with Gasteiger partial charge >= 0.3 is 6.18 Å². The number of aromatic nitrogens is 3. The molecule has 2 rings (SSSR count). The van der Waals surface area contributed by atoms with Crippen LogP contribution in [0.15, 0.2) is 35.7 Å². The monoisotopic (exact) mass is 418 g/mol. The van der Waals surface area contributed by atoms with E-state index in [-0.39, 0.29) is 17.5 Å². The summed E-state index contributed by atoms with van der Waals surface area (Å²) in [4.78, 5) is 8.07. The van der Waals surface area contributed by atoms with Gasteiger partial charge in [0.1, 0.15) is 11.6 Å². The van der Waals surface area contributed by atoms with Crippen LogP contribution in [0.3, 0.4) is 0 Å². The van der Waals surface area contributed by atoms with E-state index >= 15 is 0 Å². The van der Waals surface area contributed by atoms with E-state index in [1.807, 2.05) is 23.9 Å². The smallest absolute Gasteiger partial charge is 0.417 e. The topological polar surface area (TPSA) is 76.4 Å². The highest BCUT2D eigenvalue weighted by atomic mass is 35.5. The van der Waals surface area contributed by atoms with Crippen molar-refractivity contribution >= 4 is 17.6 Å². The Kier molecular flexibility index (Phi) is 8.37. The lowest BCUT2D eigenvalue weighted by atomic mass is 10.3. The van der Waals surface area contributed by atoms with E-state index in [9.17, 15) is 13.2 Å². The fourth-order valence-electron chi connectivity index (χ4n) is 2.20. The highest BCUT2D eigenvalue weighted by Crippen LogP contribution is 2.32. The molecule has 0 atom stereocenters. The molecule has 0 spiro atoms. The normalized spacial score (nSPS) is 12.1. The first-order chi connectivity index (χ1) is 13.4. The molecule has 7 nitrogen and oxygen atoms in total. The SMILES string of the molecule is CCNC(=NCCCn1cccn1)NCCOc1ncc(C(F)(F)F)cc1Cl. The Morgan fingerprint density at radius 1 is 1.36 bits per heavy atom. The molecule has 0 saturated heterocycles.